The summed E-state index contributed by atoms with van der Waals surface area (Å²) in [5.41, 5.74) is 2.30. The number of benzene rings is 1. The Balaban J connectivity index is 2.28. The van der Waals surface area contributed by atoms with Gasteiger partial charge in [-0.25, -0.2) is 4.98 Å². The molecule has 0 saturated heterocycles. The first-order valence-electron chi connectivity index (χ1n) is 5.91. The summed E-state index contributed by atoms with van der Waals surface area (Å²) in [5, 5.41) is 9.06. The van der Waals surface area contributed by atoms with Gasteiger partial charge in [-0.05, 0) is 26.0 Å². The summed E-state index contributed by atoms with van der Waals surface area (Å²) in [7, 11) is 1.98. The van der Waals surface area contributed by atoms with Crippen LogP contribution in [0.5, 0.6) is 0 Å². The molecule has 4 nitrogen and oxygen atoms in total. The molecule has 2 aromatic rings. The van der Waals surface area contributed by atoms with Gasteiger partial charge in [0.1, 0.15) is 5.52 Å². The fourth-order valence-electron chi connectivity index (χ4n) is 1.99. The van der Waals surface area contributed by atoms with Crippen LogP contribution in [0.2, 0.25) is 0 Å². The number of nitrogens with zero attached hydrogens (tertiary/aromatic N) is 3. The number of aryl methyl sites for hydroxylation is 1. The van der Waals surface area contributed by atoms with Gasteiger partial charge in [0.05, 0.1) is 11.5 Å². The second-order valence-electron chi connectivity index (χ2n) is 5.24. The van der Waals surface area contributed by atoms with Gasteiger partial charge in [0.15, 0.2) is 11.5 Å². The number of hydrogen-bond acceptors (Lipinski definition) is 4. The molecule has 2 rings (SSSR count). The largest absolute Gasteiger partial charge is 0.441 e. The van der Waals surface area contributed by atoms with Crippen molar-refractivity contribution in [3.05, 3.63) is 24.1 Å². The highest BCUT2D eigenvalue weighted by Crippen LogP contribution is 2.24. The number of fused-ring (bicyclic) bond motifs is 1. The molecule has 0 spiro atoms. The summed E-state index contributed by atoms with van der Waals surface area (Å²) in [5.74, 6) is 0.669. The Kier molecular flexibility index (Phi) is 3.00. The van der Waals surface area contributed by atoms with Crippen LogP contribution in [0.15, 0.2) is 22.6 Å². The van der Waals surface area contributed by atoms with Crippen LogP contribution < -0.4 is 4.90 Å². The summed E-state index contributed by atoms with van der Waals surface area (Å²) in [6, 6.07) is 8.21. The van der Waals surface area contributed by atoms with Crippen molar-refractivity contribution in [1.82, 2.24) is 4.98 Å². The molecule has 0 amide bonds. The molecular formula is C14H17N3O. The highest BCUT2D eigenvalue weighted by atomic mass is 16.3. The second-order valence-corrected chi connectivity index (χ2v) is 5.24. The Morgan fingerprint density at radius 3 is 2.83 bits per heavy atom. The van der Waals surface area contributed by atoms with Crippen LogP contribution in [0, 0.1) is 23.7 Å². The number of anilines is 1. The van der Waals surface area contributed by atoms with Crippen LogP contribution in [-0.2, 0) is 0 Å². The van der Waals surface area contributed by atoms with Crippen LogP contribution in [-0.4, -0.2) is 18.6 Å². The van der Waals surface area contributed by atoms with Crippen molar-refractivity contribution in [2.75, 3.05) is 18.5 Å². The minimum absolute atomic E-state index is 0.374. The first-order valence-corrected chi connectivity index (χ1v) is 5.91. The molecule has 0 radical (unpaired) electrons. The van der Waals surface area contributed by atoms with E-state index in [9.17, 15) is 0 Å². The minimum atomic E-state index is -0.374. The van der Waals surface area contributed by atoms with Crippen molar-refractivity contribution in [3.8, 4) is 6.07 Å². The Labute approximate surface area is 107 Å². The Bertz CT molecular complexity index is 607. The Hall–Kier alpha value is -2.02. The summed E-state index contributed by atoms with van der Waals surface area (Å²) < 4.78 is 5.51. The standard InChI is InChI=1S/C14H17N3O/c1-10-16-12-6-5-11(7-13(12)18-10)17(4)9-14(2,3)8-15/h5-7H,9H2,1-4H3. The van der Waals surface area contributed by atoms with E-state index in [4.69, 9.17) is 9.68 Å². The highest BCUT2D eigenvalue weighted by Gasteiger charge is 2.19. The average Bonchev–Trinajstić information content (AvgIpc) is 2.67. The maximum Gasteiger partial charge on any atom is 0.192 e. The lowest BCUT2D eigenvalue weighted by atomic mass is 9.95. The van der Waals surface area contributed by atoms with E-state index in [1.54, 1.807) is 0 Å². The zero-order chi connectivity index (χ0) is 13.3. The minimum Gasteiger partial charge on any atom is -0.441 e. The van der Waals surface area contributed by atoms with Gasteiger partial charge in [-0.3, -0.25) is 0 Å². The molecular weight excluding hydrogens is 226 g/mol. The van der Waals surface area contributed by atoms with Gasteiger partial charge < -0.3 is 9.32 Å². The maximum atomic E-state index is 9.06. The predicted octanol–water partition coefficient (Wildman–Crippen LogP) is 3.12. The van der Waals surface area contributed by atoms with E-state index in [0.717, 1.165) is 16.8 Å². The first-order chi connectivity index (χ1) is 8.41. The lowest BCUT2D eigenvalue weighted by Gasteiger charge is -2.26. The third-order valence-electron chi connectivity index (χ3n) is 2.85. The van der Waals surface area contributed by atoms with E-state index >= 15 is 0 Å². The Morgan fingerprint density at radius 2 is 2.17 bits per heavy atom. The van der Waals surface area contributed by atoms with Gasteiger partial charge in [-0.15, -0.1) is 0 Å². The van der Waals surface area contributed by atoms with E-state index in [2.05, 4.69) is 16.0 Å². The smallest absolute Gasteiger partial charge is 0.192 e. The molecule has 1 aromatic heterocycles. The fraction of sp³-hybridized carbons (Fsp3) is 0.429. The molecule has 1 heterocycles. The number of rotatable bonds is 3. The van der Waals surface area contributed by atoms with Crippen molar-refractivity contribution >= 4 is 16.8 Å². The van der Waals surface area contributed by atoms with Crippen LogP contribution >= 0.6 is 0 Å². The topological polar surface area (TPSA) is 53.1 Å². The molecule has 1 aromatic carbocycles. The van der Waals surface area contributed by atoms with E-state index in [1.807, 2.05) is 46.0 Å². The highest BCUT2D eigenvalue weighted by molar-refractivity contribution is 5.77. The van der Waals surface area contributed by atoms with Crippen molar-refractivity contribution in [2.45, 2.75) is 20.8 Å². The zero-order valence-electron chi connectivity index (χ0n) is 11.2. The van der Waals surface area contributed by atoms with Crippen molar-refractivity contribution in [3.63, 3.8) is 0 Å². The second kappa shape index (κ2) is 4.34. The number of hydrogen-bond donors (Lipinski definition) is 0. The summed E-state index contributed by atoms with van der Waals surface area (Å²) >= 11 is 0. The van der Waals surface area contributed by atoms with E-state index in [1.165, 1.54) is 0 Å². The molecule has 18 heavy (non-hydrogen) atoms. The first kappa shape index (κ1) is 12.4. The molecule has 0 N–H and O–H groups in total. The average molecular weight is 243 g/mol. The molecule has 0 aliphatic rings. The Morgan fingerprint density at radius 1 is 1.44 bits per heavy atom. The van der Waals surface area contributed by atoms with E-state index < -0.39 is 0 Å². The zero-order valence-corrected chi connectivity index (χ0v) is 11.2. The van der Waals surface area contributed by atoms with Crippen LogP contribution in [0.3, 0.4) is 0 Å². The third kappa shape index (κ3) is 2.45. The van der Waals surface area contributed by atoms with Gasteiger partial charge in [0, 0.05) is 32.3 Å². The summed E-state index contributed by atoms with van der Waals surface area (Å²) in [4.78, 5) is 6.32. The van der Waals surface area contributed by atoms with Crippen molar-refractivity contribution < 1.29 is 4.42 Å². The summed E-state index contributed by atoms with van der Waals surface area (Å²) in [6.45, 7) is 6.37. The van der Waals surface area contributed by atoms with Gasteiger partial charge in [0.2, 0.25) is 0 Å². The molecule has 94 valence electrons. The molecule has 0 unspecified atom stereocenters. The van der Waals surface area contributed by atoms with Crippen LogP contribution in [0.1, 0.15) is 19.7 Å². The van der Waals surface area contributed by atoms with Crippen molar-refractivity contribution in [2.24, 2.45) is 5.41 Å². The third-order valence-corrected chi connectivity index (χ3v) is 2.85. The molecule has 0 atom stereocenters. The molecule has 0 aliphatic heterocycles. The van der Waals surface area contributed by atoms with Crippen LogP contribution in [0.25, 0.3) is 11.1 Å². The van der Waals surface area contributed by atoms with Crippen LogP contribution in [0.4, 0.5) is 5.69 Å². The van der Waals surface area contributed by atoms with E-state index in [0.29, 0.717) is 12.4 Å². The van der Waals surface area contributed by atoms with Gasteiger partial charge in [-0.2, -0.15) is 5.26 Å². The van der Waals surface area contributed by atoms with Crippen molar-refractivity contribution in [1.29, 1.82) is 5.26 Å². The molecule has 0 fully saturated rings. The monoisotopic (exact) mass is 243 g/mol. The molecule has 0 aliphatic carbocycles. The normalized spacial score (nSPS) is 11.5. The predicted molar refractivity (Wildman–Crippen MR) is 71.4 cm³/mol. The number of aromatic nitrogens is 1. The SMILES string of the molecule is Cc1nc2ccc(N(C)CC(C)(C)C#N)cc2o1. The maximum absolute atomic E-state index is 9.06. The molecule has 4 heteroatoms. The summed E-state index contributed by atoms with van der Waals surface area (Å²) in [6.07, 6.45) is 0. The number of nitriles is 1. The van der Waals surface area contributed by atoms with Gasteiger partial charge in [-0.1, -0.05) is 0 Å². The fourth-order valence-corrected chi connectivity index (χ4v) is 1.99. The molecule has 0 bridgehead atoms. The quantitative estimate of drug-likeness (QED) is 0.831. The lowest BCUT2D eigenvalue weighted by Crippen LogP contribution is -2.30. The number of oxazole rings is 1. The van der Waals surface area contributed by atoms with E-state index in [-0.39, 0.29) is 5.41 Å². The lowest BCUT2D eigenvalue weighted by molar-refractivity contribution is 0.497. The molecule has 0 saturated carbocycles. The van der Waals surface area contributed by atoms with Gasteiger partial charge >= 0.3 is 0 Å². The van der Waals surface area contributed by atoms with Gasteiger partial charge in [0.25, 0.3) is 0 Å².